The highest BCUT2D eigenvalue weighted by atomic mass is 16.5. The fraction of sp³-hybridized carbons (Fsp3) is 0.250. The lowest BCUT2D eigenvalue weighted by Crippen LogP contribution is -2.23. The summed E-state index contributed by atoms with van der Waals surface area (Å²) in [6, 6.07) is 15.4. The fourth-order valence-corrected chi connectivity index (χ4v) is 2.43. The second kappa shape index (κ2) is 4.94. The van der Waals surface area contributed by atoms with Gasteiger partial charge in [0.25, 0.3) is 0 Å². The number of para-hydroxylation sites is 1. The summed E-state index contributed by atoms with van der Waals surface area (Å²) in [6.07, 6.45) is -0.152. The number of ether oxygens (including phenoxy) is 2. The van der Waals surface area contributed by atoms with Crippen molar-refractivity contribution in [2.24, 2.45) is 0 Å². The summed E-state index contributed by atoms with van der Waals surface area (Å²) in [4.78, 5) is 0. The van der Waals surface area contributed by atoms with Gasteiger partial charge in [0.1, 0.15) is 23.7 Å². The third kappa shape index (κ3) is 2.29. The third-order valence-corrected chi connectivity index (χ3v) is 3.46. The Balaban J connectivity index is 1.80. The first kappa shape index (κ1) is 12.1. The molecule has 3 heteroatoms. The molecule has 1 aliphatic rings. The maximum absolute atomic E-state index is 10.4. The minimum absolute atomic E-state index is 0.232. The van der Waals surface area contributed by atoms with Gasteiger partial charge in [0.15, 0.2) is 0 Å². The van der Waals surface area contributed by atoms with Crippen LogP contribution in [0.25, 0.3) is 0 Å². The molecule has 19 heavy (non-hydrogen) atoms. The van der Waals surface area contributed by atoms with Crippen LogP contribution in [0.15, 0.2) is 48.5 Å². The predicted octanol–water partition coefficient (Wildman–Crippen LogP) is 2.73. The van der Waals surface area contributed by atoms with E-state index in [-0.39, 0.29) is 6.10 Å². The van der Waals surface area contributed by atoms with Crippen molar-refractivity contribution in [2.45, 2.75) is 18.6 Å². The first-order valence-corrected chi connectivity index (χ1v) is 6.34. The topological polar surface area (TPSA) is 38.7 Å². The smallest absolute Gasteiger partial charge is 0.133 e. The van der Waals surface area contributed by atoms with Gasteiger partial charge in [-0.05, 0) is 29.3 Å². The van der Waals surface area contributed by atoms with Crippen LogP contribution in [-0.4, -0.2) is 18.3 Å². The number of fused-ring (bicyclic) bond motifs is 1. The van der Waals surface area contributed by atoms with Crippen LogP contribution in [0.2, 0.25) is 0 Å². The molecule has 0 saturated heterocycles. The molecule has 2 unspecified atom stereocenters. The SMILES string of the molecule is COc1cccc(C(O)C2Cc3ccccc3O2)c1. The van der Waals surface area contributed by atoms with Crippen molar-refractivity contribution in [3.63, 3.8) is 0 Å². The Kier molecular flexibility index (Phi) is 3.13. The maximum atomic E-state index is 10.4. The molecule has 0 aromatic heterocycles. The van der Waals surface area contributed by atoms with Gasteiger partial charge < -0.3 is 14.6 Å². The predicted molar refractivity (Wildman–Crippen MR) is 72.5 cm³/mol. The van der Waals surface area contributed by atoms with E-state index in [9.17, 15) is 5.11 Å². The molecule has 2 aromatic carbocycles. The van der Waals surface area contributed by atoms with E-state index in [0.29, 0.717) is 0 Å². The summed E-state index contributed by atoms with van der Waals surface area (Å²) in [7, 11) is 1.62. The number of hydrogen-bond donors (Lipinski definition) is 1. The summed E-state index contributed by atoms with van der Waals surface area (Å²) >= 11 is 0. The first-order valence-electron chi connectivity index (χ1n) is 6.34. The Labute approximate surface area is 112 Å². The molecule has 1 aliphatic heterocycles. The normalized spacial score (nSPS) is 18.5. The molecule has 3 nitrogen and oxygen atoms in total. The summed E-state index contributed by atoms with van der Waals surface area (Å²) < 4.78 is 11.0. The second-order valence-corrected chi connectivity index (χ2v) is 4.69. The molecule has 2 atom stereocenters. The molecule has 98 valence electrons. The van der Waals surface area contributed by atoms with E-state index in [4.69, 9.17) is 9.47 Å². The van der Waals surface area contributed by atoms with Gasteiger partial charge in [-0.25, -0.2) is 0 Å². The summed E-state index contributed by atoms with van der Waals surface area (Å²) in [5.74, 6) is 1.61. The second-order valence-electron chi connectivity index (χ2n) is 4.69. The number of benzene rings is 2. The Morgan fingerprint density at radius 3 is 2.84 bits per heavy atom. The van der Waals surface area contributed by atoms with Crippen molar-refractivity contribution in [1.82, 2.24) is 0 Å². The zero-order valence-corrected chi connectivity index (χ0v) is 10.7. The Morgan fingerprint density at radius 2 is 2.05 bits per heavy atom. The van der Waals surface area contributed by atoms with Crippen molar-refractivity contribution >= 4 is 0 Å². The quantitative estimate of drug-likeness (QED) is 0.917. The third-order valence-electron chi connectivity index (χ3n) is 3.46. The van der Waals surface area contributed by atoms with Gasteiger partial charge in [-0.2, -0.15) is 0 Å². The molecular weight excluding hydrogens is 240 g/mol. The van der Waals surface area contributed by atoms with Crippen molar-refractivity contribution < 1.29 is 14.6 Å². The minimum Gasteiger partial charge on any atom is -0.497 e. The molecule has 0 aliphatic carbocycles. The van der Waals surface area contributed by atoms with E-state index < -0.39 is 6.10 Å². The summed E-state index contributed by atoms with van der Waals surface area (Å²) in [5.41, 5.74) is 1.96. The Bertz CT molecular complexity index is 555. The van der Waals surface area contributed by atoms with Crippen molar-refractivity contribution in [1.29, 1.82) is 0 Å². The van der Waals surface area contributed by atoms with Gasteiger partial charge >= 0.3 is 0 Å². The molecule has 0 fully saturated rings. The van der Waals surface area contributed by atoms with E-state index in [1.165, 1.54) is 0 Å². The first-order chi connectivity index (χ1) is 9.28. The van der Waals surface area contributed by atoms with Gasteiger partial charge in [0.2, 0.25) is 0 Å². The van der Waals surface area contributed by atoms with E-state index >= 15 is 0 Å². The highest BCUT2D eigenvalue weighted by Gasteiger charge is 2.29. The number of aliphatic hydroxyl groups is 1. The molecule has 0 spiro atoms. The van der Waals surface area contributed by atoms with E-state index in [2.05, 4.69) is 0 Å². The van der Waals surface area contributed by atoms with Crippen LogP contribution < -0.4 is 9.47 Å². The number of hydrogen-bond acceptors (Lipinski definition) is 3. The maximum Gasteiger partial charge on any atom is 0.133 e. The molecule has 1 N–H and O–H groups in total. The van der Waals surface area contributed by atoms with Crippen LogP contribution in [0.1, 0.15) is 17.2 Å². The summed E-state index contributed by atoms with van der Waals surface area (Å²) in [5, 5.41) is 10.4. The number of rotatable bonds is 3. The molecule has 0 saturated carbocycles. The number of methoxy groups -OCH3 is 1. The van der Waals surface area contributed by atoms with Crippen LogP contribution in [0.3, 0.4) is 0 Å². The number of aliphatic hydroxyl groups excluding tert-OH is 1. The molecule has 0 bridgehead atoms. The zero-order valence-electron chi connectivity index (χ0n) is 10.7. The van der Waals surface area contributed by atoms with Gasteiger partial charge in [-0.1, -0.05) is 30.3 Å². The molecule has 2 aromatic rings. The van der Waals surface area contributed by atoms with Crippen LogP contribution in [-0.2, 0) is 6.42 Å². The molecule has 0 amide bonds. The molecule has 3 rings (SSSR count). The lowest BCUT2D eigenvalue weighted by molar-refractivity contribution is 0.0491. The van der Waals surface area contributed by atoms with Crippen molar-refractivity contribution in [3.8, 4) is 11.5 Å². The van der Waals surface area contributed by atoms with Crippen LogP contribution in [0, 0.1) is 0 Å². The highest BCUT2D eigenvalue weighted by Crippen LogP contribution is 2.34. The zero-order chi connectivity index (χ0) is 13.2. The van der Waals surface area contributed by atoms with Gasteiger partial charge in [-0.15, -0.1) is 0 Å². The van der Waals surface area contributed by atoms with E-state index in [1.54, 1.807) is 7.11 Å². The molecule has 0 radical (unpaired) electrons. The van der Waals surface area contributed by atoms with Gasteiger partial charge in [0.05, 0.1) is 7.11 Å². The fourth-order valence-electron chi connectivity index (χ4n) is 2.43. The van der Waals surface area contributed by atoms with E-state index in [1.807, 2.05) is 48.5 Å². The van der Waals surface area contributed by atoms with Crippen molar-refractivity contribution in [2.75, 3.05) is 7.11 Å². The average molecular weight is 256 g/mol. The van der Waals surface area contributed by atoms with E-state index in [0.717, 1.165) is 29.0 Å². The summed E-state index contributed by atoms with van der Waals surface area (Å²) in [6.45, 7) is 0. The average Bonchev–Trinajstić information content (AvgIpc) is 2.90. The van der Waals surface area contributed by atoms with Crippen LogP contribution >= 0.6 is 0 Å². The van der Waals surface area contributed by atoms with Crippen LogP contribution in [0.4, 0.5) is 0 Å². The Hall–Kier alpha value is -2.00. The largest absolute Gasteiger partial charge is 0.497 e. The lowest BCUT2D eigenvalue weighted by Gasteiger charge is -2.18. The monoisotopic (exact) mass is 256 g/mol. The van der Waals surface area contributed by atoms with Gasteiger partial charge in [-0.3, -0.25) is 0 Å². The molecular formula is C16H16O3. The Morgan fingerprint density at radius 1 is 1.21 bits per heavy atom. The van der Waals surface area contributed by atoms with Crippen molar-refractivity contribution in [3.05, 3.63) is 59.7 Å². The lowest BCUT2D eigenvalue weighted by atomic mass is 10.0. The van der Waals surface area contributed by atoms with Crippen LogP contribution in [0.5, 0.6) is 11.5 Å². The van der Waals surface area contributed by atoms with Gasteiger partial charge in [0, 0.05) is 6.42 Å². The highest BCUT2D eigenvalue weighted by molar-refractivity contribution is 5.39. The molecule has 1 heterocycles. The standard InChI is InChI=1S/C16H16O3/c1-18-13-7-4-6-12(9-13)16(17)15-10-11-5-2-3-8-14(11)19-15/h2-9,15-17H,10H2,1H3. The minimum atomic E-state index is -0.650.